The van der Waals surface area contributed by atoms with Gasteiger partial charge in [-0.2, -0.15) is 0 Å². The van der Waals surface area contributed by atoms with Gasteiger partial charge in [-0.15, -0.1) is 0 Å². The Bertz CT molecular complexity index is 1030. The summed E-state index contributed by atoms with van der Waals surface area (Å²) in [5.74, 6) is 1.31. The van der Waals surface area contributed by atoms with Crippen LogP contribution in [0.3, 0.4) is 0 Å². The van der Waals surface area contributed by atoms with Crippen LogP contribution in [0.4, 0.5) is 0 Å². The second-order valence-corrected chi connectivity index (χ2v) is 14.0. The van der Waals surface area contributed by atoms with Gasteiger partial charge < -0.3 is 24.8 Å². The van der Waals surface area contributed by atoms with E-state index in [1.54, 1.807) is 0 Å². The smallest absolute Gasteiger partial charge is 0.0491 e. The standard InChI is InChI=1S/C33H45.2ClH.Sb/c1-30(2,3)26-16-24(17-27(20-26)31(4,5)6)22-13-14-23(15-22)25-18-28(32(7,8)9)21-29(19-25)33(10,11)12;;;/h13-21H,1-12H3;2*1H;/p-2. The summed E-state index contributed by atoms with van der Waals surface area (Å²) in [5.41, 5.74) is 10.0. The molecule has 3 heteroatoms. The number of hydrogen-bond donors (Lipinski definition) is 0. The predicted octanol–water partition coefficient (Wildman–Crippen LogP) is 3.08. The van der Waals surface area contributed by atoms with Gasteiger partial charge in [0.15, 0.2) is 0 Å². The van der Waals surface area contributed by atoms with Crippen molar-refractivity contribution in [3.63, 3.8) is 0 Å². The molecule has 0 aromatic heterocycles. The normalized spacial score (nSPS) is 14.5. The van der Waals surface area contributed by atoms with Crippen molar-refractivity contribution in [2.24, 2.45) is 0 Å². The zero-order valence-corrected chi connectivity index (χ0v) is 28.5. The van der Waals surface area contributed by atoms with Crippen LogP contribution in [0.25, 0.3) is 5.57 Å². The Hall–Kier alpha value is -0.682. The quantitative estimate of drug-likeness (QED) is 0.446. The van der Waals surface area contributed by atoms with E-state index in [2.05, 4.69) is 138 Å². The summed E-state index contributed by atoms with van der Waals surface area (Å²) in [6.07, 6.45) is 6.97. The maximum absolute atomic E-state index is 2.40. The van der Waals surface area contributed by atoms with E-state index >= 15 is 0 Å². The predicted molar refractivity (Wildman–Crippen MR) is 153 cm³/mol. The molecule has 0 saturated carbocycles. The first-order valence-electron chi connectivity index (χ1n) is 12.5. The fourth-order valence-electron chi connectivity index (χ4n) is 4.12. The van der Waals surface area contributed by atoms with Crippen LogP contribution in [0.5, 0.6) is 0 Å². The Morgan fingerprint density at radius 1 is 0.417 bits per heavy atom. The molecule has 2 aromatic rings. The molecule has 0 aliphatic heterocycles. The van der Waals surface area contributed by atoms with Crippen molar-refractivity contribution in [2.75, 3.05) is 0 Å². The molecule has 0 fully saturated rings. The molecule has 1 aliphatic rings. The maximum Gasteiger partial charge on any atom is 0.0491 e. The summed E-state index contributed by atoms with van der Waals surface area (Å²) in [6.45, 7) is 27.7. The molecular weight excluding hydrogens is 589 g/mol. The second kappa shape index (κ2) is 12.0. The van der Waals surface area contributed by atoms with Crippen LogP contribution >= 0.6 is 0 Å². The molecule has 0 atom stereocenters. The molecule has 36 heavy (non-hydrogen) atoms. The van der Waals surface area contributed by atoms with Crippen LogP contribution in [0.2, 0.25) is 0 Å². The summed E-state index contributed by atoms with van der Waals surface area (Å²) in [4.78, 5) is 0. The molecule has 0 bridgehead atoms. The third kappa shape index (κ3) is 8.41. The van der Waals surface area contributed by atoms with Gasteiger partial charge >= 0.3 is 0 Å². The van der Waals surface area contributed by atoms with Crippen molar-refractivity contribution in [2.45, 2.75) is 105 Å². The van der Waals surface area contributed by atoms with Gasteiger partial charge in [0.2, 0.25) is 0 Å². The molecule has 0 nitrogen and oxygen atoms in total. The average Bonchev–Trinajstić information content (AvgIpc) is 3.15. The Morgan fingerprint density at radius 3 is 1.03 bits per heavy atom. The number of halogens is 2. The number of allylic oxidation sites excluding steroid dienone is 4. The van der Waals surface area contributed by atoms with Crippen LogP contribution in [0.15, 0.2) is 54.6 Å². The van der Waals surface area contributed by atoms with E-state index < -0.39 is 0 Å². The van der Waals surface area contributed by atoms with Crippen molar-refractivity contribution in [3.05, 3.63) is 93.9 Å². The van der Waals surface area contributed by atoms with E-state index in [1.165, 1.54) is 44.9 Å². The zero-order valence-electron chi connectivity index (χ0n) is 24.4. The first kappa shape index (κ1) is 35.3. The first-order chi connectivity index (χ1) is 14.9. The van der Waals surface area contributed by atoms with E-state index in [1.807, 2.05) is 0 Å². The van der Waals surface area contributed by atoms with Gasteiger partial charge in [0.05, 0.1) is 0 Å². The zero-order chi connectivity index (χ0) is 25.0. The second-order valence-electron chi connectivity index (χ2n) is 14.0. The minimum atomic E-state index is 0. The summed E-state index contributed by atoms with van der Waals surface area (Å²) >= 11 is 0. The third-order valence-electron chi connectivity index (χ3n) is 6.75. The van der Waals surface area contributed by atoms with Crippen molar-refractivity contribution in [1.82, 2.24) is 0 Å². The van der Waals surface area contributed by atoms with Gasteiger partial charge in [-0.1, -0.05) is 138 Å². The number of benzene rings is 2. The number of hydrogen-bond acceptors (Lipinski definition) is 0. The average molecular weight is 634 g/mol. The van der Waals surface area contributed by atoms with Gasteiger partial charge in [0.25, 0.3) is 0 Å². The monoisotopic (exact) mass is 632 g/mol. The fraction of sp³-hybridized carbons (Fsp3) is 0.485. The summed E-state index contributed by atoms with van der Waals surface area (Å²) in [5, 5.41) is 0. The van der Waals surface area contributed by atoms with Gasteiger partial charge in [0.1, 0.15) is 0 Å². The molecule has 4 radical (unpaired) electrons. The van der Waals surface area contributed by atoms with Crippen molar-refractivity contribution in [1.29, 1.82) is 0 Å². The van der Waals surface area contributed by atoms with Gasteiger partial charge in [-0.3, -0.25) is 0 Å². The van der Waals surface area contributed by atoms with Crippen LogP contribution in [0.1, 0.15) is 116 Å². The van der Waals surface area contributed by atoms with Crippen LogP contribution in [0, 0.1) is 5.92 Å². The molecular formula is C33H45Cl2Sb-2. The SMILES string of the molecule is CC(C)(C)c1cc([C]2C=CC(c3cc(C(C)(C)C)cc(C(C)(C)C)c3)=C2)cc(C(C)(C)C)c1.[Cl-].[Cl-].[Sb]. The first-order valence-corrected chi connectivity index (χ1v) is 12.5. The molecule has 0 saturated heterocycles. The minimum absolute atomic E-state index is 0. The van der Waals surface area contributed by atoms with E-state index in [0.717, 1.165) is 0 Å². The Balaban J connectivity index is 0.00000408. The van der Waals surface area contributed by atoms with Crippen molar-refractivity contribution in [3.8, 4) is 0 Å². The van der Waals surface area contributed by atoms with E-state index in [4.69, 9.17) is 0 Å². The summed E-state index contributed by atoms with van der Waals surface area (Å²) in [6, 6.07) is 14.4. The van der Waals surface area contributed by atoms with Gasteiger partial charge in [0, 0.05) is 30.3 Å². The molecule has 0 N–H and O–H groups in total. The van der Waals surface area contributed by atoms with Crippen LogP contribution < -0.4 is 24.8 Å². The van der Waals surface area contributed by atoms with Gasteiger partial charge in [-0.05, 0) is 60.6 Å². The van der Waals surface area contributed by atoms with E-state index in [9.17, 15) is 0 Å². The topological polar surface area (TPSA) is 0 Å². The van der Waals surface area contributed by atoms with Crippen molar-refractivity contribution >= 4 is 30.0 Å². The summed E-state index contributed by atoms with van der Waals surface area (Å²) in [7, 11) is 0. The number of rotatable bonds is 2. The minimum Gasteiger partial charge on any atom is -1.00 e. The Morgan fingerprint density at radius 2 is 0.722 bits per heavy atom. The van der Waals surface area contributed by atoms with Crippen LogP contribution in [-0.4, -0.2) is 24.4 Å². The maximum atomic E-state index is 2.40. The molecule has 0 amide bonds. The Kier molecular flexibility index (Phi) is 11.8. The van der Waals surface area contributed by atoms with E-state index in [0.29, 0.717) is 0 Å². The fourth-order valence-corrected chi connectivity index (χ4v) is 4.12. The van der Waals surface area contributed by atoms with Gasteiger partial charge in [-0.25, -0.2) is 0 Å². The largest absolute Gasteiger partial charge is 1.00 e. The summed E-state index contributed by atoms with van der Waals surface area (Å²) < 4.78 is 0. The molecule has 198 valence electrons. The van der Waals surface area contributed by atoms with Crippen LogP contribution in [-0.2, 0) is 21.7 Å². The van der Waals surface area contributed by atoms with E-state index in [-0.39, 0.29) is 70.9 Å². The molecule has 0 spiro atoms. The molecule has 1 aliphatic carbocycles. The molecule has 3 rings (SSSR count). The molecule has 2 aromatic carbocycles. The Labute approximate surface area is 252 Å². The molecule has 0 unspecified atom stereocenters. The molecule has 0 heterocycles. The van der Waals surface area contributed by atoms with Crippen molar-refractivity contribution < 1.29 is 24.8 Å². The third-order valence-corrected chi connectivity index (χ3v) is 6.75.